The highest BCUT2D eigenvalue weighted by Gasteiger charge is 2.25. The van der Waals surface area contributed by atoms with E-state index in [4.69, 9.17) is 23.2 Å². The van der Waals surface area contributed by atoms with Crippen molar-refractivity contribution in [1.82, 2.24) is 4.90 Å². The number of rotatable bonds is 2. The fraction of sp³-hybridized carbons (Fsp3) is 0.235. The average Bonchev–Trinajstić information content (AvgIpc) is 2.57. The third-order valence-electron chi connectivity index (χ3n) is 3.92. The van der Waals surface area contributed by atoms with E-state index in [-0.39, 0.29) is 11.5 Å². The van der Waals surface area contributed by atoms with E-state index < -0.39 is 5.82 Å². The Morgan fingerprint density at radius 3 is 2.39 bits per heavy atom. The summed E-state index contributed by atoms with van der Waals surface area (Å²) >= 11 is 12.1. The molecule has 0 N–H and O–H groups in total. The molecule has 1 amide bonds. The topological polar surface area (TPSA) is 23.6 Å². The molecule has 23 heavy (non-hydrogen) atoms. The van der Waals surface area contributed by atoms with E-state index in [0.29, 0.717) is 36.2 Å². The molecular formula is C17H15Cl2FN2O. The largest absolute Gasteiger partial charge is 0.367 e. The highest BCUT2D eigenvalue weighted by atomic mass is 35.5. The molecule has 0 bridgehead atoms. The molecule has 0 atom stereocenters. The van der Waals surface area contributed by atoms with Crippen LogP contribution in [0.5, 0.6) is 0 Å². The van der Waals surface area contributed by atoms with E-state index in [9.17, 15) is 9.18 Å². The molecule has 120 valence electrons. The van der Waals surface area contributed by atoms with Gasteiger partial charge in [-0.3, -0.25) is 4.79 Å². The molecule has 0 aromatic heterocycles. The number of anilines is 1. The Labute approximate surface area is 144 Å². The second-order valence-electron chi connectivity index (χ2n) is 5.35. The van der Waals surface area contributed by atoms with E-state index in [1.54, 1.807) is 4.90 Å². The number of nitrogens with zero attached hydrogens (tertiary/aromatic N) is 2. The minimum absolute atomic E-state index is 0.0173. The summed E-state index contributed by atoms with van der Waals surface area (Å²) in [5, 5.41) is 1.04. The zero-order valence-corrected chi connectivity index (χ0v) is 13.8. The first-order valence-corrected chi connectivity index (χ1v) is 8.05. The predicted molar refractivity (Wildman–Crippen MR) is 91.0 cm³/mol. The molecule has 2 aromatic rings. The quantitative estimate of drug-likeness (QED) is 0.812. The van der Waals surface area contributed by atoms with Crippen LogP contribution in [0.3, 0.4) is 0 Å². The van der Waals surface area contributed by atoms with Crippen molar-refractivity contribution in [2.24, 2.45) is 0 Å². The van der Waals surface area contributed by atoms with Gasteiger partial charge in [-0.1, -0.05) is 35.3 Å². The second-order valence-corrected chi connectivity index (χ2v) is 6.20. The summed E-state index contributed by atoms with van der Waals surface area (Å²) < 4.78 is 13.8. The average molecular weight is 353 g/mol. The lowest BCUT2D eigenvalue weighted by Gasteiger charge is -2.36. The molecule has 0 spiro atoms. The Morgan fingerprint density at radius 2 is 1.70 bits per heavy atom. The van der Waals surface area contributed by atoms with Gasteiger partial charge in [-0.25, -0.2) is 4.39 Å². The number of amides is 1. The lowest BCUT2D eigenvalue weighted by molar-refractivity contribution is 0.0742. The molecule has 1 aliphatic heterocycles. The Morgan fingerprint density at radius 1 is 1.00 bits per heavy atom. The van der Waals surface area contributed by atoms with Gasteiger partial charge < -0.3 is 9.80 Å². The van der Waals surface area contributed by atoms with Crippen molar-refractivity contribution in [1.29, 1.82) is 0 Å². The first-order chi connectivity index (χ1) is 11.1. The van der Waals surface area contributed by atoms with Crippen LogP contribution in [-0.2, 0) is 0 Å². The van der Waals surface area contributed by atoms with Crippen LogP contribution in [0.15, 0.2) is 42.5 Å². The van der Waals surface area contributed by atoms with Crippen LogP contribution in [-0.4, -0.2) is 37.0 Å². The molecule has 0 aliphatic carbocycles. The number of benzene rings is 2. The Hall–Kier alpha value is -1.78. The number of hydrogen-bond donors (Lipinski definition) is 0. The molecule has 0 unspecified atom stereocenters. The van der Waals surface area contributed by atoms with Crippen molar-refractivity contribution in [3.63, 3.8) is 0 Å². The van der Waals surface area contributed by atoms with Gasteiger partial charge in [0, 0.05) is 31.2 Å². The van der Waals surface area contributed by atoms with Gasteiger partial charge in [0.05, 0.1) is 16.3 Å². The van der Waals surface area contributed by atoms with Gasteiger partial charge in [0.2, 0.25) is 0 Å². The second kappa shape index (κ2) is 6.77. The van der Waals surface area contributed by atoms with Gasteiger partial charge in [-0.15, -0.1) is 0 Å². The molecule has 1 aliphatic rings. The number of para-hydroxylation sites is 1. The van der Waals surface area contributed by atoms with Gasteiger partial charge in [0.1, 0.15) is 5.82 Å². The third kappa shape index (κ3) is 3.43. The van der Waals surface area contributed by atoms with Crippen molar-refractivity contribution in [3.8, 4) is 0 Å². The van der Waals surface area contributed by atoms with Crippen molar-refractivity contribution in [2.75, 3.05) is 31.1 Å². The zero-order valence-electron chi connectivity index (χ0n) is 12.3. The van der Waals surface area contributed by atoms with E-state index in [1.165, 1.54) is 18.2 Å². The molecule has 0 saturated carbocycles. The Kier molecular flexibility index (Phi) is 4.74. The summed E-state index contributed by atoms with van der Waals surface area (Å²) in [6.07, 6.45) is 0. The van der Waals surface area contributed by atoms with Crippen LogP contribution >= 0.6 is 23.2 Å². The summed E-state index contributed by atoms with van der Waals surface area (Å²) in [6.45, 7) is 2.32. The first kappa shape index (κ1) is 16.1. The fourth-order valence-electron chi connectivity index (χ4n) is 2.69. The summed E-state index contributed by atoms with van der Waals surface area (Å²) in [7, 11) is 0. The summed E-state index contributed by atoms with van der Waals surface area (Å²) in [5.74, 6) is -0.878. The SMILES string of the molecule is O=C(c1cc(Cl)ccc1F)N1CCN(c2ccccc2Cl)CC1. The van der Waals surface area contributed by atoms with E-state index in [2.05, 4.69) is 4.90 Å². The molecule has 0 radical (unpaired) electrons. The maximum Gasteiger partial charge on any atom is 0.257 e. The van der Waals surface area contributed by atoms with Crippen LogP contribution in [0.25, 0.3) is 0 Å². The lowest BCUT2D eigenvalue weighted by Crippen LogP contribution is -2.49. The molecule has 2 aromatic carbocycles. The van der Waals surface area contributed by atoms with Gasteiger partial charge in [-0.2, -0.15) is 0 Å². The van der Waals surface area contributed by atoms with Gasteiger partial charge in [0.15, 0.2) is 0 Å². The number of halogens is 3. The van der Waals surface area contributed by atoms with E-state index >= 15 is 0 Å². The first-order valence-electron chi connectivity index (χ1n) is 7.30. The summed E-state index contributed by atoms with van der Waals surface area (Å²) in [4.78, 5) is 16.2. The monoisotopic (exact) mass is 352 g/mol. The standard InChI is InChI=1S/C17H15Cl2FN2O/c18-12-5-6-15(20)13(11-12)17(23)22-9-7-21(8-10-22)16-4-2-1-3-14(16)19/h1-6,11H,7-10H2. The maximum absolute atomic E-state index is 13.8. The molecule has 3 nitrogen and oxygen atoms in total. The number of hydrogen-bond acceptors (Lipinski definition) is 2. The van der Waals surface area contributed by atoms with Crippen molar-refractivity contribution < 1.29 is 9.18 Å². The lowest BCUT2D eigenvalue weighted by atomic mass is 10.1. The van der Waals surface area contributed by atoms with Crippen LogP contribution in [0.2, 0.25) is 10.0 Å². The van der Waals surface area contributed by atoms with Gasteiger partial charge in [0.25, 0.3) is 5.91 Å². The maximum atomic E-state index is 13.8. The smallest absolute Gasteiger partial charge is 0.257 e. The molecule has 3 rings (SSSR count). The summed E-state index contributed by atoms with van der Waals surface area (Å²) in [5.41, 5.74) is 0.971. The Balaban J connectivity index is 1.70. The van der Waals surface area contributed by atoms with Gasteiger partial charge in [-0.05, 0) is 30.3 Å². The van der Waals surface area contributed by atoms with Crippen molar-refractivity contribution in [3.05, 3.63) is 63.9 Å². The van der Waals surface area contributed by atoms with Crippen LogP contribution in [0.4, 0.5) is 10.1 Å². The zero-order chi connectivity index (χ0) is 16.4. The molecule has 1 heterocycles. The predicted octanol–water partition coefficient (Wildman–Crippen LogP) is 4.09. The van der Waals surface area contributed by atoms with Gasteiger partial charge >= 0.3 is 0 Å². The van der Waals surface area contributed by atoms with Crippen LogP contribution < -0.4 is 4.90 Å². The van der Waals surface area contributed by atoms with Crippen molar-refractivity contribution >= 4 is 34.8 Å². The van der Waals surface area contributed by atoms with Crippen molar-refractivity contribution in [2.45, 2.75) is 0 Å². The molecular weight excluding hydrogens is 338 g/mol. The van der Waals surface area contributed by atoms with Crippen LogP contribution in [0.1, 0.15) is 10.4 Å². The fourth-order valence-corrected chi connectivity index (χ4v) is 3.12. The number of piperazine rings is 1. The normalized spacial score (nSPS) is 14.9. The molecule has 1 fully saturated rings. The highest BCUT2D eigenvalue weighted by Crippen LogP contribution is 2.26. The van der Waals surface area contributed by atoms with E-state index in [0.717, 1.165) is 5.69 Å². The Bertz CT molecular complexity index is 730. The third-order valence-corrected chi connectivity index (χ3v) is 4.47. The number of carbonyl (C=O) groups excluding carboxylic acids is 1. The molecule has 1 saturated heterocycles. The molecule has 6 heteroatoms. The minimum Gasteiger partial charge on any atom is -0.367 e. The number of carbonyl (C=O) groups is 1. The summed E-state index contributed by atoms with van der Waals surface area (Å²) in [6, 6.07) is 11.6. The van der Waals surface area contributed by atoms with E-state index in [1.807, 2.05) is 24.3 Å². The minimum atomic E-state index is -0.548. The highest BCUT2D eigenvalue weighted by molar-refractivity contribution is 6.33. The van der Waals surface area contributed by atoms with Crippen LogP contribution in [0, 0.1) is 5.82 Å².